The number of nitrogens with zero attached hydrogens (tertiary/aromatic N) is 6. The van der Waals surface area contributed by atoms with E-state index in [4.69, 9.17) is 19.9 Å². The average molecular weight is 705 g/mol. The summed E-state index contributed by atoms with van der Waals surface area (Å²) in [7, 11) is 0. The van der Waals surface area contributed by atoms with Gasteiger partial charge in [0.15, 0.2) is 17.5 Å². The van der Waals surface area contributed by atoms with Crippen LogP contribution in [0, 0.1) is 0 Å². The van der Waals surface area contributed by atoms with E-state index in [0.717, 1.165) is 60.7 Å². The SMILES string of the molecule is c1ccc(-c2nc(-c3ccccc3)nc(-c3cc(N4c5ccccc5Sc5ccccc54)cnc3N3c4ccccc4Sc4ccccc43)n2)cc1. The first-order valence-corrected chi connectivity index (χ1v) is 18.6. The lowest BCUT2D eigenvalue weighted by Gasteiger charge is -2.35. The molecule has 0 aliphatic carbocycles. The van der Waals surface area contributed by atoms with E-state index >= 15 is 0 Å². The van der Waals surface area contributed by atoms with Crippen molar-refractivity contribution in [1.29, 1.82) is 0 Å². The van der Waals surface area contributed by atoms with E-state index in [9.17, 15) is 0 Å². The highest BCUT2D eigenvalue weighted by atomic mass is 32.2. The second-order valence-corrected chi connectivity index (χ2v) is 14.5. The fourth-order valence-electron chi connectivity index (χ4n) is 6.76. The van der Waals surface area contributed by atoms with Gasteiger partial charge in [-0.05, 0) is 54.6 Å². The Bertz CT molecular complexity index is 2470. The van der Waals surface area contributed by atoms with Crippen molar-refractivity contribution in [3.8, 4) is 34.2 Å². The monoisotopic (exact) mass is 704 g/mol. The minimum Gasteiger partial charge on any atom is -0.307 e. The molecule has 8 aromatic rings. The summed E-state index contributed by atoms with van der Waals surface area (Å²) in [5, 5.41) is 0. The highest BCUT2D eigenvalue weighted by molar-refractivity contribution is 8.00. The first-order valence-electron chi connectivity index (χ1n) is 17.0. The van der Waals surface area contributed by atoms with E-state index in [2.05, 4.69) is 113 Å². The maximum absolute atomic E-state index is 5.37. The van der Waals surface area contributed by atoms with Crippen LogP contribution in [0.1, 0.15) is 0 Å². The quantitative estimate of drug-likeness (QED) is 0.175. The van der Waals surface area contributed by atoms with Crippen LogP contribution in [0.5, 0.6) is 0 Å². The van der Waals surface area contributed by atoms with Crippen LogP contribution in [0.25, 0.3) is 34.2 Å². The zero-order chi connectivity index (χ0) is 34.4. The topological polar surface area (TPSA) is 58.0 Å². The van der Waals surface area contributed by atoms with Crippen LogP contribution in [0.2, 0.25) is 0 Å². The molecule has 0 saturated heterocycles. The molecular weight excluding hydrogens is 677 g/mol. The summed E-state index contributed by atoms with van der Waals surface area (Å²) in [6.45, 7) is 0. The number of fused-ring (bicyclic) bond motifs is 4. The summed E-state index contributed by atoms with van der Waals surface area (Å²) in [4.78, 5) is 30.1. The lowest BCUT2D eigenvalue weighted by atomic mass is 10.1. The Kier molecular flexibility index (Phi) is 7.55. The molecule has 0 atom stereocenters. The van der Waals surface area contributed by atoms with Crippen LogP contribution in [-0.2, 0) is 0 Å². The van der Waals surface area contributed by atoms with Gasteiger partial charge in [0, 0.05) is 30.7 Å². The number of anilines is 6. The van der Waals surface area contributed by atoms with Crippen LogP contribution >= 0.6 is 23.5 Å². The Balaban J connectivity index is 1.26. The Morgan fingerprint density at radius 2 is 0.769 bits per heavy atom. The maximum atomic E-state index is 5.37. The van der Waals surface area contributed by atoms with Gasteiger partial charge in [-0.25, -0.2) is 19.9 Å². The van der Waals surface area contributed by atoms with Crippen LogP contribution in [-0.4, -0.2) is 19.9 Å². The van der Waals surface area contributed by atoms with Crippen molar-refractivity contribution >= 4 is 57.8 Å². The van der Waals surface area contributed by atoms with Crippen molar-refractivity contribution in [1.82, 2.24) is 19.9 Å². The van der Waals surface area contributed by atoms with Crippen molar-refractivity contribution in [2.45, 2.75) is 19.6 Å². The molecule has 0 saturated carbocycles. The van der Waals surface area contributed by atoms with Crippen LogP contribution in [0.15, 0.2) is 190 Å². The molecule has 0 fully saturated rings. The molecule has 2 aromatic heterocycles. The minimum atomic E-state index is 0.540. The number of pyridine rings is 1. The summed E-state index contributed by atoms with van der Waals surface area (Å²) >= 11 is 3.56. The Labute approximate surface area is 309 Å². The van der Waals surface area contributed by atoms with Gasteiger partial charge in [0.1, 0.15) is 5.82 Å². The van der Waals surface area contributed by atoms with Crippen LogP contribution in [0.4, 0.5) is 34.3 Å². The fourth-order valence-corrected chi connectivity index (χ4v) is 8.87. The predicted octanol–water partition coefficient (Wildman–Crippen LogP) is 12.1. The summed E-state index contributed by atoms with van der Waals surface area (Å²) in [5.74, 6) is 2.47. The van der Waals surface area contributed by atoms with Crippen molar-refractivity contribution in [3.63, 3.8) is 0 Å². The molecule has 6 nitrogen and oxygen atoms in total. The van der Waals surface area contributed by atoms with Gasteiger partial charge in [-0.15, -0.1) is 0 Å². The summed E-state index contributed by atoms with van der Waals surface area (Å²) in [6, 6.07) is 56.4. The zero-order valence-corrected chi connectivity index (χ0v) is 29.3. The average Bonchev–Trinajstić information content (AvgIpc) is 3.22. The molecule has 0 radical (unpaired) electrons. The van der Waals surface area contributed by atoms with E-state index < -0.39 is 0 Å². The maximum Gasteiger partial charge on any atom is 0.167 e. The van der Waals surface area contributed by atoms with E-state index in [-0.39, 0.29) is 0 Å². The van der Waals surface area contributed by atoms with Gasteiger partial charge in [-0.2, -0.15) is 0 Å². The number of para-hydroxylation sites is 4. The van der Waals surface area contributed by atoms with E-state index in [1.807, 2.05) is 66.9 Å². The third kappa shape index (κ3) is 5.31. The van der Waals surface area contributed by atoms with Gasteiger partial charge < -0.3 is 4.90 Å². The molecule has 0 N–H and O–H groups in total. The lowest BCUT2D eigenvalue weighted by molar-refractivity contribution is 1.05. The van der Waals surface area contributed by atoms with Crippen molar-refractivity contribution < 1.29 is 0 Å². The fraction of sp³-hybridized carbons (Fsp3) is 0. The summed E-state index contributed by atoms with van der Waals surface area (Å²) < 4.78 is 0. The molecule has 6 aromatic carbocycles. The first-order chi connectivity index (χ1) is 25.8. The molecular formula is C44H28N6S2. The summed E-state index contributed by atoms with van der Waals surface area (Å²) in [5.41, 5.74) is 7.83. The van der Waals surface area contributed by atoms with E-state index in [1.54, 1.807) is 23.5 Å². The minimum absolute atomic E-state index is 0.540. The predicted molar refractivity (Wildman–Crippen MR) is 212 cm³/mol. The first kappa shape index (κ1) is 30.6. The molecule has 0 unspecified atom stereocenters. The normalized spacial score (nSPS) is 12.8. The van der Waals surface area contributed by atoms with Crippen molar-refractivity contribution in [2.24, 2.45) is 0 Å². The molecule has 52 heavy (non-hydrogen) atoms. The Morgan fingerprint density at radius 3 is 1.23 bits per heavy atom. The van der Waals surface area contributed by atoms with Crippen LogP contribution < -0.4 is 9.80 Å². The molecule has 2 aliphatic rings. The highest BCUT2D eigenvalue weighted by Crippen LogP contribution is 2.54. The molecule has 10 rings (SSSR count). The highest BCUT2D eigenvalue weighted by Gasteiger charge is 2.31. The number of benzene rings is 6. The lowest BCUT2D eigenvalue weighted by Crippen LogP contribution is -2.19. The van der Waals surface area contributed by atoms with Crippen LogP contribution in [0.3, 0.4) is 0 Å². The molecule has 2 aliphatic heterocycles. The van der Waals surface area contributed by atoms with Gasteiger partial charge in [-0.3, -0.25) is 4.90 Å². The molecule has 246 valence electrons. The molecule has 0 amide bonds. The van der Waals surface area contributed by atoms with Gasteiger partial charge >= 0.3 is 0 Å². The van der Waals surface area contributed by atoms with Gasteiger partial charge in [0.05, 0.1) is 40.2 Å². The zero-order valence-electron chi connectivity index (χ0n) is 27.7. The molecule has 4 heterocycles. The third-order valence-electron chi connectivity index (χ3n) is 9.13. The van der Waals surface area contributed by atoms with E-state index in [1.165, 1.54) is 9.79 Å². The number of aromatic nitrogens is 4. The van der Waals surface area contributed by atoms with E-state index in [0.29, 0.717) is 17.5 Å². The second-order valence-electron chi connectivity index (χ2n) is 12.3. The van der Waals surface area contributed by atoms with Gasteiger partial charge in [0.2, 0.25) is 0 Å². The number of hydrogen-bond donors (Lipinski definition) is 0. The number of rotatable bonds is 5. The smallest absolute Gasteiger partial charge is 0.167 e. The molecule has 0 spiro atoms. The molecule has 0 bridgehead atoms. The Morgan fingerprint density at radius 1 is 0.385 bits per heavy atom. The molecule has 8 heteroatoms. The van der Waals surface area contributed by atoms with Crippen molar-refractivity contribution in [3.05, 3.63) is 170 Å². The Hall–Kier alpha value is -6.22. The number of hydrogen-bond acceptors (Lipinski definition) is 8. The third-order valence-corrected chi connectivity index (χ3v) is 11.4. The standard InChI is InChI=1S/C44H28N6S2/c1-3-15-29(16-4-1)41-46-42(30-17-5-2-6-18-30)48-43(47-41)32-27-31(49-33-19-7-11-23-37(33)51-38-24-12-8-20-34(38)49)28-45-44(32)50-35-21-9-13-25-39(35)52-40-26-14-10-22-36(40)50/h1-28H. The van der Waals surface area contributed by atoms with Gasteiger partial charge in [0.25, 0.3) is 0 Å². The van der Waals surface area contributed by atoms with Gasteiger partial charge in [-0.1, -0.05) is 133 Å². The second kappa shape index (κ2) is 12.8. The van der Waals surface area contributed by atoms with Crippen molar-refractivity contribution in [2.75, 3.05) is 9.80 Å². The largest absolute Gasteiger partial charge is 0.307 e. The summed E-state index contributed by atoms with van der Waals surface area (Å²) in [6.07, 6.45) is 1.98.